The molecule has 6 nitrogen and oxygen atoms in total. The van der Waals surface area contributed by atoms with Crippen molar-refractivity contribution in [1.82, 2.24) is 4.90 Å². The van der Waals surface area contributed by atoms with Gasteiger partial charge in [0.25, 0.3) is 0 Å². The van der Waals surface area contributed by atoms with Gasteiger partial charge in [0.15, 0.2) is 0 Å². The molecule has 1 N–H and O–H groups in total. The monoisotopic (exact) mass is 396 g/mol. The summed E-state index contributed by atoms with van der Waals surface area (Å²) in [4.78, 5) is 14.8. The summed E-state index contributed by atoms with van der Waals surface area (Å²) >= 11 is 0. The normalized spacial score (nSPS) is 18.3. The van der Waals surface area contributed by atoms with Gasteiger partial charge in [0, 0.05) is 19.7 Å². The van der Waals surface area contributed by atoms with E-state index in [0.717, 1.165) is 42.7 Å². The molecule has 1 fully saturated rings. The van der Waals surface area contributed by atoms with Crippen LogP contribution in [-0.4, -0.2) is 43.9 Å². The molecular weight excluding hydrogens is 368 g/mol. The zero-order valence-corrected chi connectivity index (χ0v) is 17.1. The first kappa shape index (κ1) is 19.6. The third-order valence-corrected chi connectivity index (χ3v) is 5.54. The molecule has 6 heteroatoms. The van der Waals surface area contributed by atoms with Crippen molar-refractivity contribution in [3.63, 3.8) is 0 Å². The van der Waals surface area contributed by atoms with E-state index in [-0.39, 0.29) is 12.1 Å². The molecule has 29 heavy (non-hydrogen) atoms. The summed E-state index contributed by atoms with van der Waals surface area (Å²) in [6.45, 7) is 4.56. The van der Waals surface area contributed by atoms with Crippen LogP contribution in [0.3, 0.4) is 0 Å². The van der Waals surface area contributed by atoms with E-state index >= 15 is 0 Å². The number of ether oxygens (including phenoxy) is 3. The zero-order chi connectivity index (χ0) is 20.2. The van der Waals surface area contributed by atoms with Crippen molar-refractivity contribution >= 4 is 11.7 Å². The Labute approximate surface area is 171 Å². The number of hydrogen-bond acceptors (Lipinski definition) is 4. The van der Waals surface area contributed by atoms with E-state index in [1.807, 2.05) is 42.2 Å². The average Bonchev–Trinajstić information content (AvgIpc) is 3.26. The second kappa shape index (κ2) is 8.74. The number of rotatable bonds is 5. The number of urea groups is 1. The fourth-order valence-corrected chi connectivity index (χ4v) is 3.84. The summed E-state index contributed by atoms with van der Waals surface area (Å²) in [6, 6.07) is 11.8. The second-order valence-electron chi connectivity index (χ2n) is 7.68. The van der Waals surface area contributed by atoms with Crippen LogP contribution in [0.2, 0.25) is 0 Å². The number of fused-ring (bicyclic) bond motifs is 1. The number of nitrogens with zero attached hydrogens (tertiary/aromatic N) is 1. The van der Waals surface area contributed by atoms with Gasteiger partial charge in [-0.15, -0.1) is 0 Å². The SMILES string of the molecule is COc1ccc2c(c1)CN(C(=O)Nc1ccc(C)cc1OCC1CCCO1)CC2. The van der Waals surface area contributed by atoms with Crippen LogP contribution < -0.4 is 14.8 Å². The fraction of sp³-hybridized carbons (Fsp3) is 0.435. The van der Waals surface area contributed by atoms with Gasteiger partial charge in [0.2, 0.25) is 0 Å². The number of benzene rings is 2. The van der Waals surface area contributed by atoms with Crippen LogP contribution >= 0.6 is 0 Å². The molecule has 2 aliphatic rings. The topological polar surface area (TPSA) is 60.0 Å². The van der Waals surface area contributed by atoms with Crippen LogP contribution in [0.1, 0.15) is 29.5 Å². The number of hydrogen-bond donors (Lipinski definition) is 1. The molecule has 2 aliphatic heterocycles. The Morgan fingerprint density at radius 1 is 1.24 bits per heavy atom. The number of nitrogens with one attached hydrogen (secondary N) is 1. The van der Waals surface area contributed by atoms with Crippen molar-refractivity contribution in [3.05, 3.63) is 53.1 Å². The molecule has 0 spiro atoms. The van der Waals surface area contributed by atoms with Gasteiger partial charge in [-0.05, 0) is 67.1 Å². The van der Waals surface area contributed by atoms with Gasteiger partial charge in [-0.3, -0.25) is 0 Å². The first-order chi connectivity index (χ1) is 14.1. The minimum atomic E-state index is -0.121. The Hall–Kier alpha value is -2.73. The van der Waals surface area contributed by atoms with E-state index < -0.39 is 0 Å². The number of carbonyl (C=O) groups excluding carboxylic acids is 1. The molecule has 1 atom stereocenters. The van der Waals surface area contributed by atoms with E-state index in [1.54, 1.807) is 7.11 Å². The van der Waals surface area contributed by atoms with Gasteiger partial charge in [-0.1, -0.05) is 12.1 Å². The number of anilines is 1. The maximum Gasteiger partial charge on any atom is 0.322 e. The van der Waals surface area contributed by atoms with Crippen LogP contribution in [0, 0.1) is 6.92 Å². The van der Waals surface area contributed by atoms with Crippen LogP contribution in [0.5, 0.6) is 11.5 Å². The van der Waals surface area contributed by atoms with Gasteiger partial charge in [0.1, 0.15) is 18.1 Å². The molecule has 2 heterocycles. The highest BCUT2D eigenvalue weighted by Crippen LogP contribution is 2.29. The molecule has 0 bridgehead atoms. The molecule has 154 valence electrons. The molecular formula is C23H28N2O4. The highest BCUT2D eigenvalue weighted by Gasteiger charge is 2.23. The van der Waals surface area contributed by atoms with Crippen LogP contribution in [0.15, 0.2) is 36.4 Å². The largest absolute Gasteiger partial charge is 0.497 e. The smallest absolute Gasteiger partial charge is 0.322 e. The molecule has 2 amide bonds. The van der Waals surface area contributed by atoms with Crippen molar-refractivity contribution < 1.29 is 19.0 Å². The maximum absolute atomic E-state index is 12.9. The Morgan fingerprint density at radius 2 is 2.14 bits per heavy atom. The Morgan fingerprint density at radius 3 is 2.93 bits per heavy atom. The summed E-state index contributed by atoms with van der Waals surface area (Å²) < 4.78 is 17.0. The van der Waals surface area contributed by atoms with E-state index in [1.165, 1.54) is 5.56 Å². The molecule has 0 saturated carbocycles. The van der Waals surface area contributed by atoms with Gasteiger partial charge in [-0.25, -0.2) is 4.79 Å². The van der Waals surface area contributed by atoms with Crippen LogP contribution in [0.4, 0.5) is 10.5 Å². The Balaban J connectivity index is 1.43. The third kappa shape index (κ3) is 4.65. The highest BCUT2D eigenvalue weighted by molar-refractivity contribution is 5.91. The maximum atomic E-state index is 12.9. The second-order valence-corrected chi connectivity index (χ2v) is 7.68. The lowest BCUT2D eigenvalue weighted by atomic mass is 10.00. The minimum absolute atomic E-state index is 0.121. The predicted octanol–water partition coefficient (Wildman–Crippen LogP) is 4.15. The van der Waals surface area contributed by atoms with Gasteiger partial charge < -0.3 is 24.4 Å². The third-order valence-electron chi connectivity index (χ3n) is 5.54. The van der Waals surface area contributed by atoms with E-state index in [9.17, 15) is 4.79 Å². The number of methoxy groups -OCH3 is 1. The number of aryl methyl sites for hydroxylation is 1. The van der Waals surface area contributed by atoms with Crippen LogP contribution in [0.25, 0.3) is 0 Å². The summed E-state index contributed by atoms with van der Waals surface area (Å²) in [5.74, 6) is 1.50. The standard InChI is InChI=1S/C23H28N2O4/c1-16-5-8-21(22(12-16)29-15-20-4-3-11-28-20)24-23(26)25-10-9-17-6-7-19(27-2)13-18(17)14-25/h5-8,12-13,20H,3-4,9-11,14-15H2,1-2H3,(H,24,26). The first-order valence-electron chi connectivity index (χ1n) is 10.2. The van der Waals surface area contributed by atoms with E-state index in [2.05, 4.69) is 11.4 Å². The molecule has 4 rings (SSSR count). The molecule has 0 radical (unpaired) electrons. The van der Waals surface area contributed by atoms with E-state index in [0.29, 0.717) is 31.1 Å². The lowest BCUT2D eigenvalue weighted by molar-refractivity contribution is 0.0682. The Bertz CT molecular complexity index is 877. The summed E-state index contributed by atoms with van der Waals surface area (Å²) in [7, 11) is 1.66. The molecule has 2 aromatic carbocycles. The zero-order valence-electron chi connectivity index (χ0n) is 17.1. The molecule has 1 unspecified atom stereocenters. The Kier molecular flexibility index (Phi) is 5.90. The molecule has 2 aromatic rings. The number of amides is 2. The van der Waals surface area contributed by atoms with Crippen molar-refractivity contribution in [1.29, 1.82) is 0 Å². The molecule has 0 aliphatic carbocycles. The van der Waals surface area contributed by atoms with Gasteiger partial charge >= 0.3 is 6.03 Å². The van der Waals surface area contributed by atoms with Crippen molar-refractivity contribution in [2.75, 3.05) is 32.2 Å². The van der Waals surface area contributed by atoms with Crippen molar-refractivity contribution in [2.45, 2.75) is 38.8 Å². The first-order valence-corrected chi connectivity index (χ1v) is 10.2. The summed E-state index contributed by atoms with van der Waals surface area (Å²) in [5.41, 5.74) is 4.18. The number of carbonyl (C=O) groups is 1. The van der Waals surface area contributed by atoms with Gasteiger partial charge in [0.05, 0.1) is 18.9 Å². The van der Waals surface area contributed by atoms with Crippen molar-refractivity contribution in [2.24, 2.45) is 0 Å². The lowest BCUT2D eigenvalue weighted by Crippen LogP contribution is -2.39. The van der Waals surface area contributed by atoms with Crippen LogP contribution in [-0.2, 0) is 17.7 Å². The molecule has 0 aromatic heterocycles. The highest BCUT2D eigenvalue weighted by atomic mass is 16.5. The lowest BCUT2D eigenvalue weighted by Gasteiger charge is -2.29. The molecule has 1 saturated heterocycles. The average molecular weight is 396 g/mol. The summed E-state index contributed by atoms with van der Waals surface area (Å²) in [6.07, 6.45) is 3.06. The van der Waals surface area contributed by atoms with Crippen molar-refractivity contribution in [3.8, 4) is 11.5 Å². The fourth-order valence-electron chi connectivity index (χ4n) is 3.84. The quantitative estimate of drug-likeness (QED) is 0.825. The minimum Gasteiger partial charge on any atom is -0.497 e. The predicted molar refractivity (Wildman–Crippen MR) is 112 cm³/mol. The van der Waals surface area contributed by atoms with E-state index in [4.69, 9.17) is 14.2 Å². The van der Waals surface area contributed by atoms with Gasteiger partial charge in [-0.2, -0.15) is 0 Å². The summed E-state index contributed by atoms with van der Waals surface area (Å²) in [5, 5.41) is 3.03.